The summed E-state index contributed by atoms with van der Waals surface area (Å²) >= 11 is 0. The molecule has 1 saturated heterocycles. The number of ether oxygens (including phenoxy) is 1. The first kappa shape index (κ1) is 21.0. The Morgan fingerprint density at radius 2 is 1.57 bits per heavy atom. The van der Waals surface area contributed by atoms with Crippen LogP contribution in [0.2, 0.25) is 0 Å². The third-order valence-corrected chi connectivity index (χ3v) is 5.16. The molecule has 1 aromatic rings. The summed E-state index contributed by atoms with van der Waals surface area (Å²) in [6.45, 7) is 1.89. The minimum absolute atomic E-state index is 0.101. The second-order valence-electron chi connectivity index (χ2n) is 7.35. The van der Waals surface area contributed by atoms with Gasteiger partial charge in [0.1, 0.15) is 6.10 Å². The number of hydrogen-bond donors (Lipinski definition) is 0. The molecule has 3 rings (SSSR count). The lowest BCUT2D eigenvalue weighted by Crippen LogP contribution is -2.44. The number of nitrogens with zero attached hydrogens (tertiary/aromatic N) is 1. The third kappa shape index (κ3) is 4.61. The highest BCUT2D eigenvalue weighted by Gasteiger charge is 2.42. The number of hydrogen-bond acceptors (Lipinski definition) is 2. The summed E-state index contributed by atoms with van der Waals surface area (Å²) in [6, 6.07) is 0.393. The van der Waals surface area contributed by atoms with E-state index in [1.807, 2.05) is 0 Å². The predicted octanol–water partition coefficient (Wildman–Crippen LogP) is 5.35. The maximum absolute atomic E-state index is 13.2. The quantitative estimate of drug-likeness (QED) is 0.628. The summed E-state index contributed by atoms with van der Waals surface area (Å²) in [5.41, 5.74) is -2.93. The zero-order valence-corrected chi connectivity index (χ0v) is 15.2. The van der Waals surface area contributed by atoms with Crippen LogP contribution in [-0.4, -0.2) is 29.6 Å². The van der Waals surface area contributed by atoms with E-state index in [1.54, 1.807) is 0 Å². The Morgan fingerprint density at radius 1 is 1.00 bits per heavy atom. The highest BCUT2D eigenvalue weighted by Crippen LogP contribution is 2.41. The van der Waals surface area contributed by atoms with Gasteiger partial charge in [-0.15, -0.1) is 0 Å². The van der Waals surface area contributed by atoms with Crippen LogP contribution in [-0.2, 0) is 21.9 Å². The minimum atomic E-state index is -4.92. The second-order valence-corrected chi connectivity index (χ2v) is 7.35. The predicted molar refractivity (Wildman–Crippen MR) is 88.3 cm³/mol. The van der Waals surface area contributed by atoms with E-state index in [1.165, 1.54) is 11.8 Å². The Labute approximate surface area is 158 Å². The first-order valence-electron chi connectivity index (χ1n) is 9.21. The van der Waals surface area contributed by atoms with Crippen molar-refractivity contribution in [2.24, 2.45) is 0 Å². The highest BCUT2D eigenvalue weighted by molar-refractivity contribution is 5.82. The van der Waals surface area contributed by atoms with Crippen molar-refractivity contribution in [2.75, 3.05) is 6.61 Å². The van der Waals surface area contributed by atoms with Gasteiger partial charge < -0.3 is 9.64 Å². The lowest BCUT2D eigenvalue weighted by atomic mass is 9.98. The van der Waals surface area contributed by atoms with Crippen molar-refractivity contribution in [2.45, 2.75) is 69.6 Å². The van der Waals surface area contributed by atoms with Gasteiger partial charge in [-0.1, -0.05) is 0 Å². The molecule has 28 heavy (non-hydrogen) atoms. The number of rotatable bonds is 4. The van der Waals surface area contributed by atoms with Crippen molar-refractivity contribution in [1.29, 1.82) is 0 Å². The molecule has 9 heteroatoms. The molecule has 1 saturated carbocycles. The molecule has 1 heterocycles. The zero-order chi connectivity index (χ0) is 20.7. The number of carbonyl (C=O) groups excluding carboxylic acids is 1. The molecular weight excluding hydrogens is 388 g/mol. The molecule has 1 aromatic carbocycles. The van der Waals surface area contributed by atoms with Crippen molar-refractivity contribution in [3.63, 3.8) is 0 Å². The lowest BCUT2D eigenvalue weighted by Gasteiger charge is -2.34. The maximum Gasteiger partial charge on any atom is 0.416 e. The smallest absolute Gasteiger partial charge is 0.368 e. The average molecular weight is 409 g/mol. The number of alkyl halides is 6. The van der Waals surface area contributed by atoms with Gasteiger partial charge in [0, 0.05) is 12.6 Å². The van der Waals surface area contributed by atoms with Gasteiger partial charge >= 0.3 is 12.4 Å². The summed E-state index contributed by atoms with van der Waals surface area (Å²) in [5, 5.41) is 0. The molecule has 156 valence electrons. The molecule has 1 aliphatic carbocycles. The van der Waals surface area contributed by atoms with Gasteiger partial charge in [-0.2, -0.15) is 26.3 Å². The average Bonchev–Trinajstić information content (AvgIpc) is 3.45. The largest absolute Gasteiger partial charge is 0.416 e. The summed E-state index contributed by atoms with van der Waals surface area (Å²) in [7, 11) is 0. The van der Waals surface area contributed by atoms with Gasteiger partial charge in [0.05, 0.1) is 17.2 Å². The van der Waals surface area contributed by atoms with Crippen molar-refractivity contribution in [1.82, 2.24) is 4.90 Å². The maximum atomic E-state index is 13.2. The Bertz CT molecular complexity index is 688. The number of halogens is 6. The van der Waals surface area contributed by atoms with Crippen LogP contribution in [0.15, 0.2) is 18.2 Å². The van der Waals surface area contributed by atoms with Gasteiger partial charge in [0.15, 0.2) is 0 Å². The fourth-order valence-electron chi connectivity index (χ4n) is 3.52. The van der Waals surface area contributed by atoms with Gasteiger partial charge in [-0.25, -0.2) is 0 Å². The Hall–Kier alpha value is -1.77. The van der Waals surface area contributed by atoms with Crippen molar-refractivity contribution >= 4 is 5.91 Å². The molecule has 3 nitrogen and oxygen atoms in total. The summed E-state index contributed by atoms with van der Waals surface area (Å²) < 4.78 is 84.4. The second kappa shape index (κ2) is 7.57. The number of benzene rings is 1. The van der Waals surface area contributed by atoms with Gasteiger partial charge in [-0.05, 0) is 62.8 Å². The van der Waals surface area contributed by atoms with Crippen LogP contribution in [0, 0.1) is 0 Å². The van der Waals surface area contributed by atoms with E-state index in [2.05, 4.69) is 0 Å². The van der Waals surface area contributed by atoms with Crippen LogP contribution in [0.3, 0.4) is 0 Å². The van der Waals surface area contributed by atoms with Gasteiger partial charge in [0.25, 0.3) is 5.91 Å². The normalized spacial score (nSPS) is 22.0. The van der Waals surface area contributed by atoms with Crippen molar-refractivity contribution < 1.29 is 35.9 Å². The fourth-order valence-corrected chi connectivity index (χ4v) is 3.52. The van der Waals surface area contributed by atoms with Crippen LogP contribution in [0.5, 0.6) is 0 Å². The van der Waals surface area contributed by atoms with Crippen LogP contribution >= 0.6 is 0 Å². The monoisotopic (exact) mass is 409 g/mol. The van der Waals surface area contributed by atoms with Crippen LogP contribution in [0.1, 0.15) is 61.8 Å². The van der Waals surface area contributed by atoms with E-state index in [-0.39, 0.29) is 23.6 Å². The van der Waals surface area contributed by atoms with E-state index in [4.69, 9.17) is 4.74 Å². The summed E-state index contributed by atoms with van der Waals surface area (Å²) in [6.07, 6.45) is -7.05. The summed E-state index contributed by atoms with van der Waals surface area (Å²) in [5.74, 6) is -0.360. The van der Waals surface area contributed by atoms with Crippen LogP contribution in [0.4, 0.5) is 26.3 Å². The summed E-state index contributed by atoms with van der Waals surface area (Å²) in [4.78, 5) is 14.3. The van der Waals surface area contributed by atoms with E-state index in [9.17, 15) is 31.1 Å². The number of amides is 1. The highest BCUT2D eigenvalue weighted by atomic mass is 19.4. The number of carbonyl (C=O) groups is 1. The van der Waals surface area contributed by atoms with Gasteiger partial charge in [0.2, 0.25) is 0 Å². The molecule has 1 amide bonds. The third-order valence-electron chi connectivity index (χ3n) is 5.16. The molecule has 0 unspecified atom stereocenters. The molecule has 2 aliphatic rings. The fraction of sp³-hybridized carbons (Fsp3) is 0.632. The molecule has 0 N–H and O–H groups in total. The van der Waals surface area contributed by atoms with Crippen molar-refractivity contribution in [3.8, 4) is 0 Å². The Morgan fingerprint density at radius 3 is 2.00 bits per heavy atom. The van der Waals surface area contributed by atoms with E-state index >= 15 is 0 Å². The van der Waals surface area contributed by atoms with Crippen LogP contribution < -0.4 is 0 Å². The zero-order valence-electron chi connectivity index (χ0n) is 15.2. The molecule has 0 aromatic heterocycles. The lowest BCUT2D eigenvalue weighted by molar-refractivity contribution is -0.149. The molecule has 0 bridgehead atoms. The molecule has 0 radical (unpaired) electrons. The first-order chi connectivity index (χ1) is 13.0. The molecule has 1 aliphatic heterocycles. The molecular formula is C19H21F6NO2. The topological polar surface area (TPSA) is 29.5 Å². The Balaban J connectivity index is 1.96. The SMILES string of the molecule is C[C@H](c1cc(C(F)(F)F)cc(C(F)(F)F)c1)N(C(=O)[C@H]1CCCCO1)C1CC1. The van der Waals surface area contributed by atoms with Crippen molar-refractivity contribution in [3.05, 3.63) is 34.9 Å². The van der Waals surface area contributed by atoms with E-state index < -0.39 is 35.6 Å². The van der Waals surface area contributed by atoms with E-state index in [0.29, 0.717) is 38.0 Å². The minimum Gasteiger partial charge on any atom is -0.368 e. The van der Waals surface area contributed by atoms with Gasteiger partial charge in [-0.3, -0.25) is 4.79 Å². The molecule has 2 atom stereocenters. The van der Waals surface area contributed by atoms with E-state index in [0.717, 1.165) is 12.8 Å². The van der Waals surface area contributed by atoms with Crippen LogP contribution in [0.25, 0.3) is 0 Å². The standard InChI is InChI=1S/C19H21F6NO2/c1-11(26(15-5-6-15)17(27)16-4-2-3-7-28-16)12-8-13(18(20,21)22)10-14(9-12)19(23,24)25/h8-11,15-16H,2-7H2,1H3/t11-,16-/m1/s1. The molecule has 0 spiro atoms. The molecule has 2 fully saturated rings. The first-order valence-corrected chi connectivity index (χ1v) is 9.21. The Kier molecular flexibility index (Phi) is 5.67.